The van der Waals surface area contributed by atoms with Crippen LogP contribution in [-0.2, 0) is 19.6 Å². The number of sulfonamides is 1. The molecule has 0 aliphatic carbocycles. The quantitative estimate of drug-likeness (QED) is 0.728. The van der Waals surface area contributed by atoms with Gasteiger partial charge in [-0.15, -0.1) is 0 Å². The van der Waals surface area contributed by atoms with Gasteiger partial charge in [0.15, 0.2) is 0 Å². The Kier molecular flexibility index (Phi) is 5.36. The van der Waals surface area contributed by atoms with Gasteiger partial charge in [-0.25, -0.2) is 18.2 Å². The summed E-state index contributed by atoms with van der Waals surface area (Å²) in [6.07, 6.45) is -1.53. The van der Waals surface area contributed by atoms with E-state index in [1.165, 1.54) is 17.4 Å². The number of carbonyl (C=O) groups is 2. The third-order valence-corrected chi connectivity index (χ3v) is 6.48. The number of likely N-dealkylation sites (N-methyl/N-ethyl adjacent to an activating group) is 2. The molecule has 2 N–H and O–H groups in total. The van der Waals surface area contributed by atoms with Crippen molar-refractivity contribution < 1.29 is 22.4 Å². The van der Waals surface area contributed by atoms with E-state index in [0.29, 0.717) is 24.5 Å². The highest BCUT2D eigenvalue weighted by Crippen LogP contribution is 2.31. The lowest BCUT2D eigenvalue weighted by molar-refractivity contribution is -0.142. The van der Waals surface area contributed by atoms with Crippen molar-refractivity contribution in [2.45, 2.75) is 17.5 Å². The van der Waals surface area contributed by atoms with Gasteiger partial charge in [0.2, 0.25) is 21.8 Å². The number of nitrogens with one attached hydrogen (secondary N) is 2. The summed E-state index contributed by atoms with van der Waals surface area (Å²) in [4.78, 5) is 25.9. The van der Waals surface area contributed by atoms with Crippen LogP contribution < -0.4 is 15.6 Å². The fourth-order valence-electron chi connectivity index (χ4n) is 2.97. The molecule has 11 heteroatoms. The van der Waals surface area contributed by atoms with Crippen LogP contribution in [0.2, 0.25) is 0 Å². The standard InChI is InChI=1S/C16H22FN5O4S/c1-20-5-6-21(2)27(25,26)14-8-12(3-4-13(14)20)19-15(23)10-22-16(24)7-11(17)9-18-22/h3-4,8,11,18H,5-7,9-10H2,1-2H3,(H,19,23). The Morgan fingerprint density at radius 3 is 2.78 bits per heavy atom. The average Bonchev–Trinajstić information content (AvgIpc) is 2.68. The number of benzene rings is 1. The van der Waals surface area contributed by atoms with Crippen LogP contribution in [0.5, 0.6) is 0 Å². The maximum absolute atomic E-state index is 13.1. The fourth-order valence-corrected chi connectivity index (χ4v) is 4.39. The summed E-state index contributed by atoms with van der Waals surface area (Å²) in [5, 5.41) is 3.65. The van der Waals surface area contributed by atoms with E-state index in [4.69, 9.17) is 0 Å². The van der Waals surface area contributed by atoms with Crippen molar-refractivity contribution >= 4 is 33.2 Å². The number of hydrogen-bond acceptors (Lipinski definition) is 6. The first-order valence-electron chi connectivity index (χ1n) is 8.48. The topological polar surface area (TPSA) is 102 Å². The first kappa shape index (κ1) is 19.5. The van der Waals surface area contributed by atoms with Gasteiger partial charge in [0, 0.05) is 39.4 Å². The van der Waals surface area contributed by atoms with Gasteiger partial charge in [0.05, 0.1) is 12.1 Å². The van der Waals surface area contributed by atoms with E-state index in [-0.39, 0.29) is 24.4 Å². The predicted molar refractivity (Wildman–Crippen MR) is 97.4 cm³/mol. The molecule has 27 heavy (non-hydrogen) atoms. The summed E-state index contributed by atoms with van der Waals surface area (Å²) in [6.45, 7) is 0.574. The maximum Gasteiger partial charge on any atom is 0.245 e. The number of carbonyl (C=O) groups excluding carboxylic acids is 2. The number of anilines is 2. The van der Waals surface area contributed by atoms with Crippen molar-refractivity contribution in [3.8, 4) is 0 Å². The molecule has 1 aromatic carbocycles. The van der Waals surface area contributed by atoms with Crippen molar-refractivity contribution in [1.82, 2.24) is 14.7 Å². The zero-order valence-electron chi connectivity index (χ0n) is 15.1. The number of hydrogen-bond donors (Lipinski definition) is 2. The van der Waals surface area contributed by atoms with Gasteiger partial charge in [-0.05, 0) is 18.2 Å². The SMILES string of the molecule is CN1CCN(C)S(=O)(=O)c2cc(NC(=O)CN3NCC(F)CC3=O)ccc21. The number of rotatable bonds is 3. The van der Waals surface area contributed by atoms with E-state index in [0.717, 1.165) is 5.01 Å². The summed E-state index contributed by atoms with van der Waals surface area (Å²) >= 11 is 0. The second kappa shape index (κ2) is 7.41. The second-order valence-corrected chi connectivity index (χ2v) is 8.64. The van der Waals surface area contributed by atoms with Crippen molar-refractivity contribution in [1.29, 1.82) is 0 Å². The van der Waals surface area contributed by atoms with E-state index in [9.17, 15) is 22.4 Å². The molecule has 9 nitrogen and oxygen atoms in total. The van der Waals surface area contributed by atoms with Crippen molar-refractivity contribution in [3.63, 3.8) is 0 Å². The lowest BCUT2D eigenvalue weighted by Gasteiger charge is -2.28. The minimum atomic E-state index is -3.67. The number of alkyl halides is 1. The monoisotopic (exact) mass is 399 g/mol. The molecule has 1 unspecified atom stereocenters. The Bertz CT molecular complexity index is 862. The zero-order valence-corrected chi connectivity index (χ0v) is 15.9. The summed E-state index contributed by atoms with van der Waals surface area (Å²) in [6, 6.07) is 4.65. The maximum atomic E-state index is 13.1. The first-order valence-corrected chi connectivity index (χ1v) is 9.92. The molecule has 3 rings (SSSR count). The molecule has 0 bridgehead atoms. The van der Waals surface area contributed by atoms with Crippen LogP contribution in [0, 0.1) is 0 Å². The van der Waals surface area contributed by atoms with Gasteiger partial charge in [-0.3, -0.25) is 14.6 Å². The molecule has 0 saturated carbocycles. The summed E-state index contributed by atoms with van der Waals surface area (Å²) < 4.78 is 39.8. The largest absolute Gasteiger partial charge is 0.372 e. The first-order chi connectivity index (χ1) is 12.7. The normalized spacial score (nSPS) is 22.9. The van der Waals surface area contributed by atoms with E-state index in [2.05, 4.69) is 10.7 Å². The van der Waals surface area contributed by atoms with E-state index in [1.54, 1.807) is 19.2 Å². The molecule has 1 atom stereocenters. The third kappa shape index (κ3) is 4.04. The van der Waals surface area contributed by atoms with Gasteiger partial charge >= 0.3 is 0 Å². The molecule has 148 valence electrons. The molecule has 2 aliphatic rings. The molecule has 1 saturated heterocycles. The van der Waals surface area contributed by atoms with Gasteiger partial charge < -0.3 is 10.2 Å². The molecule has 0 radical (unpaired) electrons. The van der Waals surface area contributed by atoms with Crippen molar-refractivity contribution in [2.75, 3.05) is 50.5 Å². The summed E-state index contributed by atoms with van der Waals surface area (Å²) in [7, 11) is -0.356. The Balaban J connectivity index is 1.77. The molecular weight excluding hydrogens is 377 g/mol. The van der Waals surface area contributed by atoms with Crippen LogP contribution >= 0.6 is 0 Å². The van der Waals surface area contributed by atoms with E-state index < -0.39 is 28.0 Å². The van der Waals surface area contributed by atoms with Crippen LogP contribution in [0.15, 0.2) is 23.1 Å². The third-order valence-electron chi connectivity index (χ3n) is 4.60. The Hall–Kier alpha value is -2.24. The van der Waals surface area contributed by atoms with Gasteiger partial charge in [0.25, 0.3) is 0 Å². The van der Waals surface area contributed by atoms with Crippen molar-refractivity contribution in [3.05, 3.63) is 18.2 Å². The van der Waals surface area contributed by atoms with E-state index >= 15 is 0 Å². The highest BCUT2D eigenvalue weighted by atomic mass is 32.2. The summed E-state index contributed by atoms with van der Waals surface area (Å²) in [5.74, 6) is -1.02. The molecule has 2 heterocycles. The van der Waals surface area contributed by atoms with Crippen LogP contribution in [0.1, 0.15) is 6.42 Å². The molecule has 1 fully saturated rings. The lowest BCUT2D eigenvalue weighted by Crippen LogP contribution is -2.53. The zero-order chi connectivity index (χ0) is 19.8. The minimum Gasteiger partial charge on any atom is -0.372 e. The number of hydrazine groups is 1. The molecule has 1 aromatic rings. The van der Waals surface area contributed by atoms with E-state index in [1.807, 2.05) is 4.90 Å². The predicted octanol–water partition coefficient (Wildman–Crippen LogP) is -0.230. The lowest BCUT2D eigenvalue weighted by atomic mass is 10.2. The smallest absolute Gasteiger partial charge is 0.245 e. The van der Waals surface area contributed by atoms with Gasteiger partial charge in [0.1, 0.15) is 17.6 Å². The molecule has 2 amide bonds. The minimum absolute atomic E-state index is 0.0330. The molecule has 0 spiro atoms. The summed E-state index contributed by atoms with van der Waals surface area (Å²) in [5.41, 5.74) is 3.42. The van der Waals surface area contributed by atoms with Gasteiger partial charge in [-0.2, -0.15) is 4.31 Å². The number of nitrogens with zero attached hydrogens (tertiary/aromatic N) is 3. The molecule has 2 aliphatic heterocycles. The van der Waals surface area contributed by atoms with Crippen LogP contribution in [0.3, 0.4) is 0 Å². The Morgan fingerprint density at radius 2 is 2.07 bits per heavy atom. The average molecular weight is 399 g/mol. The van der Waals surface area contributed by atoms with Crippen molar-refractivity contribution in [2.24, 2.45) is 0 Å². The van der Waals surface area contributed by atoms with Crippen LogP contribution in [0.25, 0.3) is 0 Å². The Morgan fingerprint density at radius 1 is 1.33 bits per heavy atom. The highest BCUT2D eigenvalue weighted by Gasteiger charge is 2.30. The Labute approximate surface area is 157 Å². The molecule has 0 aromatic heterocycles. The number of halogens is 1. The van der Waals surface area contributed by atoms with Crippen LogP contribution in [-0.4, -0.2) is 76.0 Å². The number of amides is 2. The second-order valence-electron chi connectivity index (χ2n) is 6.62. The number of fused-ring (bicyclic) bond motifs is 1. The van der Waals surface area contributed by atoms with Crippen LogP contribution in [0.4, 0.5) is 15.8 Å². The highest BCUT2D eigenvalue weighted by molar-refractivity contribution is 7.89. The molecular formula is C16H22FN5O4S. The van der Waals surface area contributed by atoms with Gasteiger partial charge in [-0.1, -0.05) is 0 Å². The fraction of sp³-hybridized carbons (Fsp3) is 0.500.